The lowest BCUT2D eigenvalue weighted by atomic mass is 10.1. The molecule has 0 spiro atoms. The van der Waals surface area contributed by atoms with Gasteiger partial charge in [0.15, 0.2) is 0 Å². The van der Waals surface area contributed by atoms with Gasteiger partial charge in [-0.25, -0.2) is 0 Å². The molecule has 1 aliphatic heterocycles. The number of nitriles is 2. The van der Waals surface area contributed by atoms with Gasteiger partial charge in [-0.2, -0.15) is 10.5 Å². The second kappa shape index (κ2) is 5.90. The highest BCUT2D eigenvalue weighted by atomic mass is 16.2. The molecule has 1 saturated heterocycles. The van der Waals surface area contributed by atoms with E-state index in [1.54, 1.807) is 17.0 Å². The number of nitrogens with zero attached hydrogens (tertiary/aromatic N) is 3. The first kappa shape index (κ1) is 13.6. The zero-order chi connectivity index (χ0) is 14.5. The summed E-state index contributed by atoms with van der Waals surface area (Å²) in [6, 6.07) is 9.26. The summed E-state index contributed by atoms with van der Waals surface area (Å²) in [6.07, 6.45) is 2.84. The molecule has 1 aromatic carbocycles. The van der Waals surface area contributed by atoms with Crippen LogP contribution in [0.15, 0.2) is 30.0 Å². The number of benzene rings is 1. The highest BCUT2D eigenvalue weighted by Crippen LogP contribution is 2.26. The van der Waals surface area contributed by atoms with Gasteiger partial charge in [0.05, 0.1) is 0 Å². The van der Waals surface area contributed by atoms with E-state index in [1.165, 1.54) is 6.20 Å². The molecule has 0 radical (unpaired) electrons. The second-order valence-corrected chi connectivity index (χ2v) is 4.57. The van der Waals surface area contributed by atoms with Crippen LogP contribution in [0.1, 0.15) is 18.4 Å². The van der Waals surface area contributed by atoms with Crippen LogP contribution >= 0.6 is 0 Å². The van der Waals surface area contributed by atoms with Crippen molar-refractivity contribution in [1.82, 2.24) is 0 Å². The molecule has 1 aliphatic rings. The molecule has 1 heterocycles. The van der Waals surface area contributed by atoms with Crippen LogP contribution in [0.2, 0.25) is 0 Å². The third kappa shape index (κ3) is 2.78. The van der Waals surface area contributed by atoms with Crippen LogP contribution in [-0.2, 0) is 4.79 Å². The van der Waals surface area contributed by atoms with Crippen LogP contribution < -0.4 is 10.2 Å². The van der Waals surface area contributed by atoms with Gasteiger partial charge < -0.3 is 10.2 Å². The first-order chi connectivity index (χ1) is 9.65. The average Bonchev–Trinajstić information content (AvgIpc) is 2.88. The Labute approximate surface area is 117 Å². The first-order valence-corrected chi connectivity index (χ1v) is 6.33. The Bertz CT molecular complexity index is 633. The molecule has 1 N–H and O–H groups in total. The number of anilines is 2. The van der Waals surface area contributed by atoms with E-state index in [0.717, 1.165) is 29.9 Å². The smallest absolute Gasteiger partial charge is 0.227 e. The molecule has 20 heavy (non-hydrogen) atoms. The second-order valence-electron chi connectivity index (χ2n) is 4.57. The van der Waals surface area contributed by atoms with E-state index in [9.17, 15) is 4.79 Å². The van der Waals surface area contributed by atoms with Crippen LogP contribution in [0.5, 0.6) is 0 Å². The van der Waals surface area contributed by atoms with E-state index in [0.29, 0.717) is 6.42 Å². The largest absolute Gasteiger partial charge is 0.360 e. The third-order valence-corrected chi connectivity index (χ3v) is 3.22. The summed E-state index contributed by atoms with van der Waals surface area (Å²) in [4.78, 5) is 13.5. The maximum atomic E-state index is 11.7. The van der Waals surface area contributed by atoms with Crippen LogP contribution in [0.25, 0.3) is 0 Å². The topological polar surface area (TPSA) is 79.9 Å². The van der Waals surface area contributed by atoms with Gasteiger partial charge in [0.1, 0.15) is 17.7 Å². The Morgan fingerprint density at radius 1 is 1.40 bits per heavy atom. The van der Waals surface area contributed by atoms with Crippen molar-refractivity contribution in [3.63, 3.8) is 0 Å². The summed E-state index contributed by atoms with van der Waals surface area (Å²) >= 11 is 0. The number of nitrogens with one attached hydrogen (secondary N) is 1. The van der Waals surface area contributed by atoms with E-state index in [4.69, 9.17) is 10.5 Å². The fraction of sp³-hybridized carbons (Fsp3) is 0.267. The summed E-state index contributed by atoms with van der Waals surface area (Å²) in [5.41, 5.74) is 2.61. The van der Waals surface area contributed by atoms with Gasteiger partial charge in [-0.05, 0) is 31.0 Å². The molecular formula is C15H14N4O. The summed E-state index contributed by atoms with van der Waals surface area (Å²) in [5.74, 6) is 0.130. The highest BCUT2D eigenvalue weighted by molar-refractivity contribution is 5.95. The van der Waals surface area contributed by atoms with Gasteiger partial charge in [0.25, 0.3) is 0 Å². The number of hydrogen-bond donors (Lipinski definition) is 1. The zero-order valence-corrected chi connectivity index (χ0v) is 11.2. The normalized spacial score (nSPS) is 13.6. The van der Waals surface area contributed by atoms with E-state index in [-0.39, 0.29) is 11.5 Å². The predicted molar refractivity (Wildman–Crippen MR) is 75.7 cm³/mol. The fourth-order valence-electron chi connectivity index (χ4n) is 2.09. The number of amides is 1. The van der Waals surface area contributed by atoms with Gasteiger partial charge in [-0.15, -0.1) is 0 Å². The van der Waals surface area contributed by atoms with E-state index < -0.39 is 0 Å². The molecule has 0 saturated carbocycles. The van der Waals surface area contributed by atoms with E-state index in [2.05, 4.69) is 5.32 Å². The van der Waals surface area contributed by atoms with Gasteiger partial charge in [-0.1, -0.05) is 6.07 Å². The SMILES string of the molecule is Cc1ccc(N2CCCC2=O)cc1NC=C(C#N)C#N. The molecule has 2 rings (SSSR count). The van der Waals surface area contributed by atoms with Crippen LogP contribution in [-0.4, -0.2) is 12.5 Å². The lowest BCUT2D eigenvalue weighted by molar-refractivity contribution is -0.117. The minimum atomic E-state index is 0.00653. The minimum absolute atomic E-state index is 0.00653. The summed E-state index contributed by atoms with van der Waals surface area (Å²) in [5, 5.41) is 20.4. The highest BCUT2D eigenvalue weighted by Gasteiger charge is 2.21. The Hall–Kier alpha value is -2.79. The van der Waals surface area contributed by atoms with Crippen molar-refractivity contribution in [2.24, 2.45) is 0 Å². The molecule has 5 nitrogen and oxygen atoms in total. The van der Waals surface area contributed by atoms with Crippen LogP contribution in [0, 0.1) is 29.6 Å². The lowest BCUT2D eigenvalue weighted by Crippen LogP contribution is -2.23. The molecule has 100 valence electrons. The zero-order valence-electron chi connectivity index (χ0n) is 11.2. The van der Waals surface area contributed by atoms with Crippen molar-refractivity contribution in [3.8, 4) is 12.1 Å². The van der Waals surface area contributed by atoms with Crippen LogP contribution in [0.4, 0.5) is 11.4 Å². The fourth-order valence-corrected chi connectivity index (χ4v) is 2.09. The number of allylic oxidation sites excluding steroid dienone is 1. The molecule has 1 aromatic rings. The summed E-state index contributed by atoms with van der Waals surface area (Å²) < 4.78 is 0. The van der Waals surface area contributed by atoms with Gasteiger partial charge in [0, 0.05) is 30.5 Å². The molecule has 0 aromatic heterocycles. The summed E-state index contributed by atoms with van der Waals surface area (Å²) in [6.45, 7) is 2.66. The van der Waals surface area contributed by atoms with Crippen molar-refractivity contribution < 1.29 is 4.79 Å². The van der Waals surface area contributed by atoms with Gasteiger partial charge >= 0.3 is 0 Å². The van der Waals surface area contributed by atoms with Gasteiger partial charge in [-0.3, -0.25) is 4.79 Å². The van der Waals surface area contributed by atoms with Crippen molar-refractivity contribution in [2.45, 2.75) is 19.8 Å². The summed E-state index contributed by atoms with van der Waals surface area (Å²) in [7, 11) is 0. The quantitative estimate of drug-likeness (QED) is 0.852. The van der Waals surface area contributed by atoms with Gasteiger partial charge in [0.2, 0.25) is 5.91 Å². The molecule has 0 bridgehead atoms. The molecule has 5 heteroatoms. The number of carbonyl (C=O) groups excluding carboxylic acids is 1. The maximum Gasteiger partial charge on any atom is 0.227 e. The third-order valence-electron chi connectivity index (χ3n) is 3.22. The van der Waals surface area contributed by atoms with Crippen molar-refractivity contribution in [3.05, 3.63) is 35.5 Å². The van der Waals surface area contributed by atoms with Crippen LogP contribution in [0.3, 0.4) is 0 Å². The first-order valence-electron chi connectivity index (χ1n) is 6.33. The molecule has 0 unspecified atom stereocenters. The Kier molecular flexibility index (Phi) is 4.02. The lowest BCUT2D eigenvalue weighted by Gasteiger charge is -2.17. The standard InChI is InChI=1S/C15H14N4O/c1-11-4-5-13(19-6-2-3-15(19)20)7-14(11)18-10-12(8-16)9-17/h4-5,7,10,18H,2-3,6H2,1H3. The molecule has 1 fully saturated rings. The van der Waals surface area contributed by atoms with E-state index >= 15 is 0 Å². The Morgan fingerprint density at radius 2 is 2.15 bits per heavy atom. The molecular weight excluding hydrogens is 252 g/mol. The molecule has 0 atom stereocenters. The number of carbonyl (C=O) groups is 1. The average molecular weight is 266 g/mol. The Morgan fingerprint density at radius 3 is 2.75 bits per heavy atom. The monoisotopic (exact) mass is 266 g/mol. The Balaban J connectivity index is 2.26. The number of rotatable bonds is 3. The predicted octanol–water partition coefficient (Wildman–Crippen LogP) is 2.46. The van der Waals surface area contributed by atoms with Crippen molar-refractivity contribution in [1.29, 1.82) is 10.5 Å². The minimum Gasteiger partial charge on any atom is -0.360 e. The maximum absolute atomic E-state index is 11.7. The number of aryl methyl sites for hydroxylation is 1. The van der Waals surface area contributed by atoms with E-state index in [1.807, 2.05) is 25.1 Å². The number of hydrogen-bond acceptors (Lipinski definition) is 4. The molecule has 0 aliphatic carbocycles. The van der Waals surface area contributed by atoms with Crippen molar-refractivity contribution in [2.75, 3.05) is 16.8 Å². The van der Waals surface area contributed by atoms with Crippen molar-refractivity contribution >= 4 is 17.3 Å². The molecule has 1 amide bonds.